The molecule has 1 amide bonds. The molecule has 1 fully saturated rings. The third-order valence-corrected chi connectivity index (χ3v) is 3.81. The average molecular weight is 238 g/mol. The molecular weight excluding hydrogens is 220 g/mol. The van der Waals surface area contributed by atoms with Crippen LogP contribution in [0, 0.1) is 0 Å². The molecule has 1 N–H and O–H groups in total. The van der Waals surface area contributed by atoms with E-state index in [-0.39, 0.29) is 11.9 Å². The van der Waals surface area contributed by atoms with Crippen LogP contribution >= 0.6 is 11.3 Å². The van der Waals surface area contributed by atoms with Gasteiger partial charge in [-0.05, 0) is 38.3 Å². The summed E-state index contributed by atoms with van der Waals surface area (Å²) in [5, 5.41) is 5.10. The third kappa shape index (κ3) is 3.06. The van der Waals surface area contributed by atoms with Gasteiger partial charge in [0.15, 0.2) is 0 Å². The highest BCUT2D eigenvalue weighted by atomic mass is 32.1. The Morgan fingerprint density at radius 3 is 3.00 bits per heavy atom. The Balaban J connectivity index is 1.82. The second-order valence-corrected chi connectivity index (χ2v) is 5.49. The first kappa shape index (κ1) is 11.6. The highest BCUT2D eigenvalue weighted by molar-refractivity contribution is 7.09. The van der Waals surface area contributed by atoms with Crippen molar-refractivity contribution in [2.75, 3.05) is 7.05 Å². The molecule has 1 aromatic rings. The number of nitrogens with zero attached hydrogens (tertiary/aromatic N) is 1. The molecular formula is C12H18N2OS. The maximum absolute atomic E-state index is 11.8. The van der Waals surface area contributed by atoms with Crippen LogP contribution in [0.2, 0.25) is 0 Å². The number of thiophene rings is 1. The van der Waals surface area contributed by atoms with E-state index in [2.05, 4.69) is 21.7 Å². The second-order valence-electron chi connectivity index (χ2n) is 4.45. The number of amides is 1. The second kappa shape index (κ2) is 4.97. The lowest BCUT2D eigenvalue weighted by molar-refractivity contribution is -0.125. The number of carbonyl (C=O) groups excluding carboxylic acids is 1. The van der Waals surface area contributed by atoms with E-state index in [0.29, 0.717) is 6.04 Å². The fourth-order valence-electron chi connectivity index (χ4n) is 1.53. The van der Waals surface area contributed by atoms with Gasteiger partial charge in [-0.1, -0.05) is 6.07 Å². The zero-order valence-electron chi connectivity index (χ0n) is 9.77. The van der Waals surface area contributed by atoms with E-state index in [1.165, 1.54) is 4.88 Å². The molecule has 1 aliphatic rings. The van der Waals surface area contributed by atoms with Gasteiger partial charge < -0.3 is 5.32 Å². The summed E-state index contributed by atoms with van der Waals surface area (Å²) >= 11 is 1.73. The average Bonchev–Trinajstić information content (AvgIpc) is 2.92. The monoisotopic (exact) mass is 238 g/mol. The van der Waals surface area contributed by atoms with Gasteiger partial charge in [-0.15, -0.1) is 11.3 Å². The van der Waals surface area contributed by atoms with Gasteiger partial charge >= 0.3 is 0 Å². The van der Waals surface area contributed by atoms with Crippen LogP contribution in [0.1, 0.15) is 24.6 Å². The summed E-state index contributed by atoms with van der Waals surface area (Å²) in [6.07, 6.45) is 2.29. The molecule has 88 valence electrons. The van der Waals surface area contributed by atoms with E-state index in [1.54, 1.807) is 11.3 Å². The van der Waals surface area contributed by atoms with Crippen molar-refractivity contribution >= 4 is 17.2 Å². The lowest BCUT2D eigenvalue weighted by atomic mass is 10.2. The Morgan fingerprint density at radius 2 is 2.44 bits per heavy atom. The van der Waals surface area contributed by atoms with Crippen LogP contribution in [0.3, 0.4) is 0 Å². The first-order valence-corrected chi connectivity index (χ1v) is 6.58. The quantitative estimate of drug-likeness (QED) is 0.849. The number of hydrogen-bond acceptors (Lipinski definition) is 3. The molecule has 1 aliphatic carbocycles. The van der Waals surface area contributed by atoms with Gasteiger partial charge in [0, 0.05) is 17.5 Å². The molecule has 1 heterocycles. The van der Waals surface area contributed by atoms with Crippen molar-refractivity contribution in [2.24, 2.45) is 0 Å². The summed E-state index contributed by atoms with van der Waals surface area (Å²) in [5.74, 6) is 0.154. The normalized spacial score (nSPS) is 17.4. The van der Waals surface area contributed by atoms with E-state index in [1.807, 2.05) is 20.0 Å². The molecule has 0 saturated heterocycles. The summed E-state index contributed by atoms with van der Waals surface area (Å²) in [4.78, 5) is 15.2. The van der Waals surface area contributed by atoms with Crippen LogP contribution in [0.25, 0.3) is 0 Å². The van der Waals surface area contributed by atoms with Crippen molar-refractivity contribution in [3.63, 3.8) is 0 Å². The molecule has 3 nitrogen and oxygen atoms in total. The first-order chi connectivity index (χ1) is 7.66. The van der Waals surface area contributed by atoms with Crippen molar-refractivity contribution in [3.8, 4) is 0 Å². The molecule has 16 heavy (non-hydrogen) atoms. The van der Waals surface area contributed by atoms with Gasteiger partial charge in [0.05, 0.1) is 6.04 Å². The van der Waals surface area contributed by atoms with Crippen molar-refractivity contribution in [1.29, 1.82) is 0 Å². The number of hydrogen-bond donors (Lipinski definition) is 1. The van der Waals surface area contributed by atoms with E-state index in [9.17, 15) is 4.79 Å². The van der Waals surface area contributed by atoms with Crippen molar-refractivity contribution in [1.82, 2.24) is 10.2 Å². The van der Waals surface area contributed by atoms with Gasteiger partial charge in [0.1, 0.15) is 0 Å². The standard InChI is InChI=1S/C12H18N2OS/c1-9(12(15)13-10-5-6-10)14(2)8-11-4-3-7-16-11/h3-4,7,9-10H,5-6,8H2,1-2H3,(H,13,15)/t9-/m1/s1. The van der Waals surface area contributed by atoms with Gasteiger partial charge in [-0.2, -0.15) is 0 Å². The molecule has 0 spiro atoms. The Bertz CT molecular complexity index is 346. The molecule has 0 aliphatic heterocycles. The number of nitrogens with one attached hydrogen (secondary N) is 1. The van der Waals surface area contributed by atoms with Crippen LogP contribution < -0.4 is 5.32 Å². The predicted molar refractivity (Wildman–Crippen MR) is 66.4 cm³/mol. The topological polar surface area (TPSA) is 32.3 Å². The highest BCUT2D eigenvalue weighted by Gasteiger charge is 2.27. The van der Waals surface area contributed by atoms with Crippen molar-refractivity contribution in [2.45, 2.75) is 38.4 Å². The maximum atomic E-state index is 11.8. The SMILES string of the molecule is C[C@H](C(=O)NC1CC1)N(C)Cc1cccs1. The van der Waals surface area contributed by atoms with E-state index >= 15 is 0 Å². The Morgan fingerprint density at radius 1 is 1.69 bits per heavy atom. The smallest absolute Gasteiger partial charge is 0.237 e. The molecule has 1 aromatic heterocycles. The van der Waals surface area contributed by atoms with Crippen LogP contribution in [0.4, 0.5) is 0 Å². The Labute approximate surface area is 100 Å². The Hall–Kier alpha value is -0.870. The summed E-state index contributed by atoms with van der Waals surface area (Å²) < 4.78 is 0. The number of rotatable bonds is 5. The fraction of sp³-hybridized carbons (Fsp3) is 0.583. The van der Waals surface area contributed by atoms with E-state index in [4.69, 9.17) is 0 Å². The summed E-state index contributed by atoms with van der Waals surface area (Å²) in [6, 6.07) is 4.54. The molecule has 2 rings (SSSR count). The molecule has 1 saturated carbocycles. The summed E-state index contributed by atoms with van der Waals surface area (Å²) in [7, 11) is 2.00. The molecule has 0 aromatic carbocycles. The van der Waals surface area contributed by atoms with Crippen molar-refractivity contribution in [3.05, 3.63) is 22.4 Å². The zero-order chi connectivity index (χ0) is 11.5. The third-order valence-electron chi connectivity index (χ3n) is 2.95. The minimum absolute atomic E-state index is 0.0531. The minimum atomic E-state index is -0.0531. The zero-order valence-corrected chi connectivity index (χ0v) is 10.6. The van der Waals surface area contributed by atoms with Gasteiger partial charge in [-0.3, -0.25) is 9.69 Å². The fourth-order valence-corrected chi connectivity index (χ4v) is 2.30. The van der Waals surface area contributed by atoms with Gasteiger partial charge in [-0.25, -0.2) is 0 Å². The maximum Gasteiger partial charge on any atom is 0.237 e. The summed E-state index contributed by atoms with van der Waals surface area (Å²) in [5.41, 5.74) is 0. The number of carbonyl (C=O) groups is 1. The molecule has 1 atom stereocenters. The van der Waals surface area contributed by atoms with Gasteiger partial charge in [0.25, 0.3) is 0 Å². The summed E-state index contributed by atoms with van der Waals surface area (Å²) in [6.45, 7) is 2.81. The predicted octanol–water partition coefficient (Wildman–Crippen LogP) is 1.85. The van der Waals surface area contributed by atoms with E-state index in [0.717, 1.165) is 19.4 Å². The molecule has 4 heteroatoms. The van der Waals surface area contributed by atoms with Gasteiger partial charge in [0.2, 0.25) is 5.91 Å². The number of likely N-dealkylation sites (N-methyl/N-ethyl adjacent to an activating group) is 1. The molecule has 0 unspecified atom stereocenters. The molecule has 0 bridgehead atoms. The van der Waals surface area contributed by atoms with Crippen LogP contribution in [-0.2, 0) is 11.3 Å². The molecule has 0 radical (unpaired) electrons. The van der Waals surface area contributed by atoms with Crippen LogP contribution in [0.5, 0.6) is 0 Å². The Kier molecular flexibility index (Phi) is 3.61. The highest BCUT2D eigenvalue weighted by Crippen LogP contribution is 2.19. The lowest BCUT2D eigenvalue weighted by Gasteiger charge is -2.23. The van der Waals surface area contributed by atoms with Crippen LogP contribution in [0.15, 0.2) is 17.5 Å². The van der Waals surface area contributed by atoms with E-state index < -0.39 is 0 Å². The first-order valence-electron chi connectivity index (χ1n) is 5.70. The van der Waals surface area contributed by atoms with Crippen LogP contribution in [-0.4, -0.2) is 29.9 Å². The van der Waals surface area contributed by atoms with Crippen molar-refractivity contribution < 1.29 is 4.79 Å². The largest absolute Gasteiger partial charge is 0.352 e. The lowest BCUT2D eigenvalue weighted by Crippen LogP contribution is -2.43. The minimum Gasteiger partial charge on any atom is -0.352 e.